The van der Waals surface area contributed by atoms with Crippen LogP contribution in [0.4, 0.5) is 10.1 Å². The minimum atomic E-state index is -0.632. The van der Waals surface area contributed by atoms with Crippen LogP contribution in [0.3, 0.4) is 0 Å². The molecule has 0 spiro atoms. The third-order valence-electron chi connectivity index (χ3n) is 5.67. The normalized spacial score (nSPS) is 19.1. The highest BCUT2D eigenvalue weighted by atomic mass is 35.5. The Morgan fingerprint density at radius 2 is 1.94 bits per heavy atom. The van der Waals surface area contributed by atoms with Crippen LogP contribution >= 0.6 is 23.2 Å². The van der Waals surface area contributed by atoms with Gasteiger partial charge in [0.1, 0.15) is 6.10 Å². The second-order valence-electron chi connectivity index (χ2n) is 7.78. The van der Waals surface area contributed by atoms with Crippen molar-refractivity contribution in [2.24, 2.45) is 5.92 Å². The van der Waals surface area contributed by atoms with Gasteiger partial charge >= 0.3 is 0 Å². The summed E-state index contributed by atoms with van der Waals surface area (Å²) in [6, 6.07) is 11.5. The first-order valence-electron chi connectivity index (χ1n) is 10.1. The number of pyridine rings is 2. The van der Waals surface area contributed by atoms with Crippen molar-refractivity contribution in [3.63, 3.8) is 0 Å². The summed E-state index contributed by atoms with van der Waals surface area (Å²) >= 11 is 12.4. The molecule has 1 fully saturated rings. The predicted octanol–water partition coefficient (Wildman–Crippen LogP) is 4.83. The van der Waals surface area contributed by atoms with Crippen molar-refractivity contribution in [2.45, 2.75) is 18.9 Å². The van der Waals surface area contributed by atoms with Crippen LogP contribution < -0.4 is 10.5 Å². The van der Waals surface area contributed by atoms with E-state index in [0.29, 0.717) is 40.3 Å². The lowest BCUT2D eigenvalue weighted by Crippen LogP contribution is -2.32. The molecule has 2 aromatic heterocycles. The molecule has 3 heterocycles. The topological polar surface area (TPSA) is 81.3 Å². The Morgan fingerprint density at radius 3 is 2.59 bits per heavy atom. The number of amides is 1. The van der Waals surface area contributed by atoms with E-state index in [9.17, 15) is 9.18 Å². The molecule has 0 unspecified atom stereocenters. The van der Waals surface area contributed by atoms with Crippen molar-refractivity contribution in [1.82, 2.24) is 14.9 Å². The summed E-state index contributed by atoms with van der Waals surface area (Å²) in [5.74, 6) is -0.502. The lowest BCUT2D eigenvalue weighted by molar-refractivity contribution is 0.0769. The molecular weight excluding hydrogens is 454 g/mol. The molecule has 1 amide bonds. The molecular formula is C23H21Cl2FN4O2. The van der Waals surface area contributed by atoms with Gasteiger partial charge in [-0.25, -0.2) is 9.97 Å². The van der Waals surface area contributed by atoms with E-state index >= 15 is 0 Å². The van der Waals surface area contributed by atoms with E-state index in [1.807, 2.05) is 19.1 Å². The zero-order valence-electron chi connectivity index (χ0n) is 17.2. The second kappa shape index (κ2) is 9.30. The fourth-order valence-electron chi connectivity index (χ4n) is 3.99. The molecule has 2 N–H and O–H groups in total. The van der Waals surface area contributed by atoms with Crippen LogP contribution in [0.15, 0.2) is 54.9 Å². The Labute approximate surface area is 195 Å². The van der Waals surface area contributed by atoms with E-state index in [-0.39, 0.29) is 23.8 Å². The van der Waals surface area contributed by atoms with Gasteiger partial charge in [-0.05, 0) is 42.8 Å². The Hall–Kier alpha value is -2.90. The van der Waals surface area contributed by atoms with Crippen molar-refractivity contribution in [2.75, 3.05) is 18.8 Å². The number of aromatic nitrogens is 2. The monoisotopic (exact) mass is 474 g/mol. The van der Waals surface area contributed by atoms with Crippen LogP contribution in [-0.2, 0) is 0 Å². The highest BCUT2D eigenvalue weighted by molar-refractivity contribution is 6.42. The van der Waals surface area contributed by atoms with E-state index < -0.39 is 5.95 Å². The molecule has 0 saturated carbocycles. The van der Waals surface area contributed by atoms with Gasteiger partial charge in [0.2, 0.25) is 11.8 Å². The van der Waals surface area contributed by atoms with E-state index in [1.165, 1.54) is 24.5 Å². The lowest BCUT2D eigenvalue weighted by Gasteiger charge is -2.25. The summed E-state index contributed by atoms with van der Waals surface area (Å²) in [5.41, 5.74) is 7.54. The lowest BCUT2D eigenvalue weighted by atomic mass is 9.86. The van der Waals surface area contributed by atoms with Crippen LogP contribution in [0.1, 0.15) is 28.8 Å². The third-order valence-corrected chi connectivity index (χ3v) is 6.41. The summed E-state index contributed by atoms with van der Waals surface area (Å²) in [6.07, 6.45) is 2.51. The summed E-state index contributed by atoms with van der Waals surface area (Å²) < 4.78 is 19.3. The number of carbonyl (C=O) groups is 1. The van der Waals surface area contributed by atoms with Crippen LogP contribution in [0.2, 0.25) is 10.0 Å². The average Bonchev–Trinajstić information content (AvgIpc) is 3.23. The molecule has 1 aliphatic heterocycles. The molecule has 4 rings (SSSR count). The molecule has 6 nitrogen and oxygen atoms in total. The summed E-state index contributed by atoms with van der Waals surface area (Å²) in [4.78, 5) is 22.6. The number of nitrogens with zero attached hydrogens (tertiary/aromatic N) is 3. The molecule has 1 aromatic carbocycles. The smallest absolute Gasteiger partial charge is 0.255 e. The SMILES string of the molecule is C[C@H](Oc1ccc(N)cn1)[C@H]1CN(C(=O)c2ccc(F)nc2)C[C@@H]1c1ccc(Cl)c(Cl)c1. The molecule has 1 saturated heterocycles. The second-order valence-corrected chi connectivity index (χ2v) is 8.59. The van der Waals surface area contributed by atoms with Gasteiger partial charge in [-0.1, -0.05) is 29.3 Å². The fraction of sp³-hybridized carbons (Fsp3) is 0.261. The van der Waals surface area contributed by atoms with Crippen LogP contribution in [0, 0.1) is 11.9 Å². The van der Waals surface area contributed by atoms with Crippen molar-refractivity contribution >= 4 is 34.8 Å². The Bertz CT molecular complexity index is 1110. The number of anilines is 1. The summed E-state index contributed by atoms with van der Waals surface area (Å²) in [6.45, 7) is 2.83. The summed E-state index contributed by atoms with van der Waals surface area (Å²) in [5, 5.41) is 0.912. The minimum Gasteiger partial charge on any atom is -0.474 e. The maximum Gasteiger partial charge on any atom is 0.255 e. The molecule has 0 aliphatic carbocycles. The molecule has 3 atom stereocenters. The van der Waals surface area contributed by atoms with Gasteiger partial charge in [0.15, 0.2) is 0 Å². The van der Waals surface area contributed by atoms with Crippen LogP contribution in [-0.4, -0.2) is 40.0 Å². The molecule has 166 valence electrons. The number of nitrogens with two attached hydrogens (primary N) is 1. The first-order valence-corrected chi connectivity index (χ1v) is 10.8. The molecule has 32 heavy (non-hydrogen) atoms. The first-order chi connectivity index (χ1) is 15.3. The Balaban J connectivity index is 1.61. The molecule has 1 aliphatic rings. The number of likely N-dealkylation sites (tertiary alicyclic amines) is 1. The highest BCUT2D eigenvalue weighted by Crippen LogP contribution is 2.38. The molecule has 0 bridgehead atoms. The van der Waals surface area contributed by atoms with Gasteiger partial charge in [0, 0.05) is 37.2 Å². The highest BCUT2D eigenvalue weighted by Gasteiger charge is 2.40. The van der Waals surface area contributed by atoms with Gasteiger partial charge < -0.3 is 15.4 Å². The average molecular weight is 475 g/mol. The third kappa shape index (κ3) is 4.79. The van der Waals surface area contributed by atoms with Gasteiger partial charge in [-0.3, -0.25) is 4.79 Å². The number of carbonyl (C=O) groups excluding carboxylic acids is 1. The maximum atomic E-state index is 13.2. The number of nitrogen functional groups attached to an aromatic ring is 1. The zero-order chi connectivity index (χ0) is 22.8. The van der Waals surface area contributed by atoms with Crippen molar-refractivity contribution < 1.29 is 13.9 Å². The quantitative estimate of drug-likeness (QED) is 0.535. The van der Waals surface area contributed by atoms with E-state index in [1.54, 1.807) is 23.1 Å². The standard InChI is InChI=1S/C23H21Cl2FN4O2/c1-13(32-22-7-4-16(27)10-29-22)17-11-30(23(31)15-3-6-21(26)28-9-15)12-18(17)14-2-5-19(24)20(25)8-14/h2-10,13,17-18H,11-12,27H2,1H3/t13-,17+,18+/m0/s1. The predicted molar refractivity (Wildman–Crippen MR) is 122 cm³/mol. The zero-order valence-corrected chi connectivity index (χ0v) is 18.7. The fourth-order valence-corrected chi connectivity index (χ4v) is 4.30. The number of halogens is 3. The Morgan fingerprint density at radius 1 is 1.12 bits per heavy atom. The van der Waals surface area contributed by atoms with E-state index in [4.69, 9.17) is 33.7 Å². The van der Waals surface area contributed by atoms with Crippen molar-refractivity contribution in [1.29, 1.82) is 0 Å². The number of benzene rings is 1. The van der Waals surface area contributed by atoms with Gasteiger partial charge in [0.05, 0.1) is 27.5 Å². The van der Waals surface area contributed by atoms with Gasteiger partial charge in [-0.15, -0.1) is 0 Å². The Kier molecular flexibility index (Phi) is 6.48. The van der Waals surface area contributed by atoms with Crippen molar-refractivity contribution in [3.8, 4) is 5.88 Å². The molecule has 0 radical (unpaired) electrons. The molecule has 3 aromatic rings. The molecule has 9 heteroatoms. The number of hydrogen-bond acceptors (Lipinski definition) is 5. The number of rotatable bonds is 5. The van der Waals surface area contributed by atoms with E-state index in [0.717, 1.165) is 5.56 Å². The number of hydrogen-bond donors (Lipinski definition) is 1. The van der Waals surface area contributed by atoms with Crippen molar-refractivity contribution in [3.05, 3.63) is 82.0 Å². The van der Waals surface area contributed by atoms with Crippen LogP contribution in [0.5, 0.6) is 5.88 Å². The number of ether oxygens (including phenoxy) is 1. The summed E-state index contributed by atoms with van der Waals surface area (Å²) in [7, 11) is 0. The van der Waals surface area contributed by atoms with Crippen LogP contribution in [0.25, 0.3) is 0 Å². The maximum absolute atomic E-state index is 13.2. The first kappa shape index (κ1) is 22.3. The van der Waals surface area contributed by atoms with E-state index in [2.05, 4.69) is 9.97 Å². The van der Waals surface area contributed by atoms with Gasteiger partial charge in [0.25, 0.3) is 5.91 Å². The minimum absolute atomic E-state index is 0.0501. The van der Waals surface area contributed by atoms with Gasteiger partial charge in [-0.2, -0.15) is 4.39 Å². The largest absolute Gasteiger partial charge is 0.474 e.